The van der Waals surface area contributed by atoms with Gasteiger partial charge in [-0.3, -0.25) is 0 Å². The first-order valence-electron chi connectivity index (χ1n) is 10.1. The average Bonchev–Trinajstić information content (AvgIpc) is 3.02. The van der Waals surface area contributed by atoms with E-state index in [4.69, 9.17) is 9.72 Å². The molecule has 0 radical (unpaired) electrons. The Morgan fingerprint density at radius 1 is 1.21 bits per heavy atom. The molecule has 148 valence electrons. The molecule has 0 aliphatic carbocycles. The van der Waals surface area contributed by atoms with Crippen LogP contribution < -0.4 is 20.7 Å². The van der Waals surface area contributed by atoms with E-state index in [0.717, 1.165) is 53.8 Å². The van der Waals surface area contributed by atoms with Crippen LogP contribution in [0.2, 0.25) is 0 Å². The van der Waals surface area contributed by atoms with Gasteiger partial charge in [-0.05, 0) is 57.5 Å². The summed E-state index contributed by atoms with van der Waals surface area (Å²) >= 11 is 0. The zero-order valence-electron chi connectivity index (χ0n) is 16.5. The van der Waals surface area contributed by atoms with Crippen LogP contribution in [-0.2, 0) is 0 Å². The molecule has 1 fully saturated rings. The van der Waals surface area contributed by atoms with E-state index in [1.165, 1.54) is 12.8 Å². The fraction of sp³-hybridized carbons (Fsp3) is 0.429. The average molecular weight is 380 g/mol. The van der Waals surface area contributed by atoms with E-state index >= 15 is 0 Å². The van der Waals surface area contributed by atoms with Crippen molar-refractivity contribution in [3.05, 3.63) is 42.1 Å². The fourth-order valence-corrected chi connectivity index (χ4v) is 3.58. The van der Waals surface area contributed by atoms with E-state index in [-0.39, 0.29) is 0 Å². The predicted octanol–water partition coefficient (Wildman–Crippen LogP) is 3.73. The van der Waals surface area contributed by atoms with Crippen LogP contribution >= 0.6 is 0 Å². The Morgan fingerprint density at radius 2 is 2.07 bits per heavy atom. The lowest BCUT2D eigenvalue weighted by Gasteiger charge is -2.21. The molecule has 1 saturated heterocycles. The lowest BCUT2D eigenvalue weighted by Crippen LogP contribution is -2.31. The van der Waals surface area contributed by atoms with Gasteiger partial charge in [0, 0.05) is 29.9 Å². The van der Waals surface area contributed by atoms with Gasteiger partial charge in [0.15, 0.2) is 5.65 Å². The molecule has 1 atom stereocenters. The predicted molar refractivity (Wildman–Crippen MR) is 113 cm³/mol. The molecule has 1 aromatic carbocycles. The van der Waals surface area contributed by atoms with Crippen molar-refractivity contribution in [3.8, 4) is 5.75 Å². The largest absolute Gasteiger partial charge is 0.494 e. The lowest BCUT2D eigenvalue weighted by molar-refractivity contribution is 0.340. The van der Waals surface area contributed by atoms with Crippen molar-refractivity contribution in [2.24, 2.45) is 0 Å². The number of aromatic nitrogens is 3. The van der Waals surface area contributed by atoms with Gasteiger partial charge in [0.2, 0.25) is 0 Å². The highest BCUT2D eigenvalue weighted by Crippen LogP contribution is 2.28. The van der Waals surface area contributed by atoms with E-state index in [0.29, 0.717) is 12.6 Å². The minimum atomic E-state index is 0.386. The van der Waals surface area contributed by atoms with E-state index in [9.17, 15) is 0 Å². The highest BCUT2D eigenvalue weighted by Gasteiger charge is 2.17. The van der Waals surface area contributed by atoms with Gasteiger partial charge < -0.3 is 20.7 Å². The van der Waals surface area contributed by atoms with E-state index in [1.807, 2.05) is 41.8 Å². The molecule has 3 heterocycles. The maximum atomic E-state index is 5.54. The molecule has 4 rings (SSSR count). The molecule has 1 unspecified atom stereocenters. The molecular formula is C21H28N6O. The second-order valence-corrected chi connectivity index (χ2v) is 7.16. The van der Waals surface area contributed by atoms with Gasteiger partial charge in [-0.15, -0.1) is 0 Å². The van der Waals surface area contributed by atoms with Crippen LogP contribution in [0.25, 0.3) is 5.65 Å². The van der Waals surface area contributed by atoms with Gasteiger partial charge in [0.05, 0.1) is 12.8 Å². The Labute approximate surface area is 165 Å². The maximum Gasteiger partial charge on any atom is 0.159 e. The SMILES string of the molecule is CCOc1ccc(Nc2c(C)c(NC3CCCCNC3)nc3ccnn23)cc1. The number of nitrogens with one attached hydrogen (secondary N) is 3. The second-order valence-electron chi connectivity index (χ2n) is 7.16. The lowest BCUT2D eigenvalue weighted by atomic mass is 10.1. The topological polar surface area (TPSA) is 75.5 Å². The Bertz CT molecular complexity index is 913. The van der Waals surface area contributed by atoms with Crippen molar-refractivity contribution >= 4 is 23.0 Å². The van der Waals surface area contributed by atoms with Crippen molar-refractivity contribution in [3.63, 3.8) is 0 Å². The van der Waals surface area contributed by atoms with Gasteiger partial charge in [-0.1, -0.05) is 6.42 Å². The molecule has 1 aliphatic heterocycles. The standard InChI is InChI=1S/C21H28N6O/c1-3-28-18-9-7-16(8-10-18)25-21-15(2)20(26-19-11-13-23-27(19)21)24-17-6-4-5-12-22-14-17/h7-11,13,17,22,25H,3-6,12,14H2,1-2H3,(H,24,26). The number of fused-ring (bicyclic) bond motifs is 1. The minimum absolute atomic E-state index is 0.386. The Morgan fingerprint density at radius 3 is 2.89 bits per heavy atom. The van der Waals surface area contributed by atoms with Crippen LogP contribution in [-0.4, -0.2) is 40.3 Å². The van der Waals surface area contributed by atoms with Crippen LogP contribution in [0.1, 0.15) is 31.7 Å². The molecule has 0 spiro atoms. The Hall–Kier alpha value is -2.80. The number of nitrogens with zero attached hydrogens (tertiary/aromatic N) is 3. The summed E-state index contributed by atoms with van der Waals surface area (Å²) in [4.78, 5) is 4.80. The third-order valence-corrected chi connectivity index (χ3v) is 5.09. The van der Waals surface area contributed by atoms with Crippen LogP contribution in [0, 0.1) is 6.92 Å². The molecule has 7 heteroatoms. The van der Waals surface area contributed by atoms with E-state index in [1.54, 1.807) is 6.20 Å². The Balaban J connectivity index is 1.62. The fourth-order valence-electron chi connectivity index (χ4n) is 3.58. The molecule has 0 bridgehead atoms. The minimum Gasteiger partial charge on any atom is -0.494 e. The summed E-state index contributed by atoms with van der Waals surface area (Å²) < 4.78 is 7.38. The highest BCUT2D eigenvalue weighted by molar-refractivity contribution is 5.69. The second kappa shape index (κ2) is 8.48. The number of hydrogen-bond acceptors (Lipinski definition) is 6. The molecule has 2 aromatic heterocycles. The normalized spacial score (nSPS) is 17.3. The summed E-state index contributed by atoms with van der Waals surface area (Å²) in [6, 6.07) is 10.3. The van der Waals surface area contributed by atoms with Gasteiger partial charge in [-0.2, -0.15) is 9.61 Å². The van der Waals surface area contributed by atoms with Crippen molar-refractivity contribution in [1.29, 1.82) is 0 Å². The van der Waals surface area contributed by atoms with Crippen molar-refractivity contribution in [2.45, 2.75) is 39.2 Å². The number of anilines is 3. The van der Waals surface area contributed by atoms with Gasteiger partial charge in [0.1, 0.15) is 17.4 Å². The third-order valence-electron chi connectivity index (χ3n) is 5.09. The first kappa shape index (κ1) is 18.6. The first-order chi connectivity index (χ1) is 13.7. The van der Waals surface area contributed by atoms with Crippen molar-refractivity contribution in [1.82, 2.24) is 19.9 Å². The highest BCUT2D eigenvalue weighted by atomic mass is 16.5. The summed E-state index contributed by atoms with van der Waals surface area (Å²) in [7, 11) is 0. The summed E-state index contributed by atoms with van der Waals surface area (Å²) in [6.45, 7) is 6.79. The number of rotatable bonds is 6. The smallest absolute Gasteiger partial charge is 0.159 e. The third kappa shape index (κ3) is 4.04. The monoisotopic (exact) mass is 380 g/mol. The number of benzene rings is 1. The van der Waals surface area contributed by atoms with Crippen LogP contribution in [0.4, 0.5) is 17.3 Å². The van der Waals surface area contributed by atoms with Crippen molar-refractivity contribution < 1.29 is 4.74 Å². The van der Waals surface area contributed by atoms with Crippen LogP contribution in [0.3, 0.4) is 0 Å². The summed E-state index contributed by atoms with van der Waals surface area (Å²) in [6.07, 6.45) is 5.40. The van der Waals surface area contributed by atoms with Crippen LogP contribution in [0.5, 0.6) is 5.75 Å². The quantitative estimate of drug-likeness (QED) is 0.605. The maximum absolute atomic E-state index is 5.54. The van der Waals surface area contributed by atoms with Gasteiger partial charge >= 0.3 is 0 Å². The van der Waals surface area contributed by atoms with Crippen LogP contribution in [0.15, 0.2) is 36.5 Å². The molecule has 3 aromatic rings. The molecule has 0 amide bonds. The summed E-state index contributed by atoms with van der Waals surface area (Å²) in [5.41, 5.74) is 2.86. The molecule has 1 aliphatic rings. The van der Waals surface area contributed by atoms with Gasteiger partial charge in [0.25, 0.3) is 0 Å². The van der Waals surface area contributed by atoms with Gasteiger partial charge in [-0.25, -0.2) is 4.98 Å². The molecule has 0 saturated carbocycles. The molecular weight excluding hydrogens is 352 g/mol. The van der Waals surface area contributed by atoms with E-state index < -0.39 is 0 Å². The first-order valence-corrected chi connectivity index (χ1v) is 10.1. The summed E-state index contributed by atoms with van der Waals surface area (Å²) in [5.74, 6) is 2.70. The number of hydrogen-bond donors (Lipinski definition) is 3. The summed E-state index contributed by atoms with van der Waals surface area (Å²) in [5, 5.41) is 15.1. The number of ether oxygens (including phenoxy) is 1. The molecule has 7 nitrogen and oxygen atoms in total. The van der Waals surface area contributed by atoms with E-state index in [2.05, 4.69) is 28.0 Å². The Kier molecular flexibility index (Phi) is 5.62. The van der Waals surface area contributed by atoms with Crippen molar-refractivity contribution in [2.75, 3.05) is 30.3 Å². The molecule has 28 heavy (non-hydrogen) atoms. The zero-order chi connectivity index (χ0) is 19.3. The molecule has 3 N–H and O–H groups in total. The zero-order valence-corrected chi connectivity index (χ0v) is 16.5.